The van der Waals surface area contributed by atoms with Gasteiger partial charge in [0.15, 0.2) is 4.80 Å². The Balaban J connectivity index is 1.45. The predicted octanol–water partition coefficient (Wildman–Crippen LogP) is 7.25. The first-order chi connectivity index (χ1) is 23.4. The number of rotatable bonds is 8. The van der Waals surface area contributed by atoms with Crippen LogP contribution in [-0.2, 0) is 16.1 Å². The van der Waals surface area contributed by atoms with Crippen molar-refractivity contribution in [3.63, 3.8) is 0 Å². The van der Waals surface area contributed by atoms with E-state index in [2.05, 4.69) is 4.57 Å². The molecule has 4 aromatic carbocycles. The van der Waals surface area contributed by atoms with Gasteiger partial charge >= 0.3 is 5.97 Å². The first kappa shape index (κ1) is 31.7. The summed E-state index contributed by atoms with van der Waals surface area (Å²) in [5.74, 6) is 0.0656. The van der Waals surface area contributed by atoms with Crippen molar-refractivity contribution < 1.29 is 14.3 Å². The van der Waals surface area contributed by atoms with E-state index in [-0.39, 0.29) is 17.7 Å². The van der Waals surface area contributed by atoms with Gasteiger partial charge in [0, 0.05) is 44.8 Å². The van der Waals surface area contributed by atoms with Crippen LogP contribution in [0.15, 0.2) is 119 Å². The van der Waals surface area contributed by atoms with E-state index in [0.29, 0.717) is 42.9 Å². The fourth-order valence-electron chi connectivity index (χ4n) is 6.06. The third-order valence-corrected chi connectivity index (χ3v) is 9.81. The summed E-state index contributed by atoms with van der Waals surface area (Å²) in [6.45, 7) is 2.45. The second-order valence-electron chi connectivity index (χ2n) is 11.2. The molecule has 10 heteroatoms. The number of methoxy groups -OCH3 is 1. The molecule has 0 saturated heterocycles. The third-order valence-electron chi connectivity index (χ3n) is 8.25. The molecule has 0 spiro atoms. The monoisotopic (exact) mass is 693 g/mol. The number of para-hydroxylation sites is 1. The Hall–Kier alpha value is -4.89. The van der Waals surface area contributed by atoms with Crippen LogP contribution in [0, 0.1) is 0 Å². The van der Waals surface area contributed by atoms with Crippen LogP contribution < -0.4 is 19.6 Å². The van der Waals surface area contributed by atoms with Gasteiger partial charge in [-0.2, -0.15) is 0 Å². The predicted molar refractivity (Wildman–Crippen MR) is 192 cm³/mol. The molecule has 0 aliphatic carbocycles. The summed E-state index contributed by atoms with van der Waals surface area (Å²) in [6, 6.07) is 29.6. The quantitative estimate of drug-likeness (QED) is 0.157. The lowest BCUT2D eigenvalue weighted by Gasteiger charge is -2.26. The van der Waals surface area contributed by atoms with E-state index in [4.69, 9.17) is 37.7 Å². The highest BCUT2D eigenvalue weighted by atomic mass is 35.5. The summed E-state index contributed by atoms with van der Waals surface area (Å²) >= 11 is 14.0. The number of carbonyl (C=O) groups is 1. The molecule has 0 bridgehead atoms. The van der Waals surface area contributed by atoms with Crippen LogP contribution in [0.25, 0.3) is 22.7 Å². The number of esters is 1. The number of hydrogen-bond acceptors (Lipinski definition) is 6. The lowest BCUT2D eigenvalue weighted by atomic mass is 9.93. The van der Waals surface area contributed by atoms with E-state index < -0.39 is 12.0 Å². The van der Waals surface area contributed by atoms with Gasteiger partial charge in [0.2, 0.25) is 0 Å². The number of ether oxygens (including phenoxy) is 2. The molecule has 0 N–H and O–H groups in total. The highest BCUT2D eigenvalue weighted by Gasteiger charge is 2.35. The van der Waals surface area contributed by atoms with E-state index in [1.165, 1.54) is 11.3 Å². The van der Waals surface area contributed by atoms with Crippen molar-refractivity contribution in [2.24, 2.45) is 4.99 Å². The molecule has 2 aromatic heterocycles. The Labute approximate surface area is 290 Å². The van der Waals surface area contributed by atoms with Gasteiger partial charge in [0.05, 0.1) is 35.6 Å². The molecule has 3 heterocycles. The summed E-state index contributed by atoms with van der Waals surface area (Å²) in [5, 5.41) is 2.14. The van der Waals surface area contributed by atoms with E-state index in [9.17, 15) is 9.59 Å². The molecule has 7 rings (SSSR count). The van der Waals surface area contributed by atoms with Gasteiger partial charge in [-0.15, -0.1) is 0 Å². The van der Waals surface area contributed by atoms with Crippen LogP contribution in [0.1, 0.15) is 35.2 Å². The average Bonchev–Trinajstić information content (AvgIpc) is 3.61. The van der Waals surface area contributed by atoms with E-state index in [1.54, 1.807) is 24.7 Å². The maximum Gasteiger partial charge on any atom is 0.338 e. The number of hydrogen-bond donors (Lipinski definition) is 0. The molecule has 240 valence electrons. The van der Waals surface area contributed by atoms with E-state index >= 15 is 0 Å². The molecular weight excluding hydrogens is 665 g/mol. The van der Waals surface area contributed by atoms with Crippen molar-refractivity contribution in [2.45, 2.75) is 19.5 Å². The summed E-state index contributed by atoms with van der Waals surface area (Å²) in [6.07, 6.45) is 3.91. The smallest absolute Gasteiger partial charge is 0.338 e. The van der Waals surface area contributed by atoms with Crippen molar-refractivity contribution in [2.75, 3.05) is 13.7 Å². The lowest BCUT2D eigenvalue weighted by molar-refractivity contribution is -0.138. The number of carbonyl (C=O) groups excluding carboxylic acids is 1. The fourth-order valence-corrected chi connectivity index (χ4v) is 7.52. The minimum Gasteiger partial charge on any atom is -0.497 e. The van der Waals surface area contributed by atoms with Crippen LogP contribution in [0.5, 0.6) is 5.75 Å². The standard InChI is InChI=1S/C38H29Cl2N3O4S/c1-3-47-37(45)33-34(23-10-5-4-6-11-23)41-38-43(35(33)24-12-9-13-28(18-24)46-2)36(44)32(48-38)19-26-22-42(31-15-8-7-14-29(26)31)21-25-16-17-27(39)20-30(25)40/h4-20,22,35H,3,21H2,1-2H3/b32-19-/t35-/m0/s1. The van der Waals surface area contributed by atoms with Gasteiger partial charge in [0.1, 0.15) is 5.75 Å². The van der Waals surface area contributed by atoms with Gasteiger partial charge in [-0.3, -0.25) is 9.36 Å². The Bertz CT molecular complexity index is 2410. The Morgan fingerprint density at radius 2 is 1.77 bits per heavy atom. The van der Waals surface area contributed by atoms with Crippen LogP contribution in [0.4, 0.5) is 0 Å². The minimum absolute atomic E-state index is 0.172. The number of fused-ring (bicyclic) bond motifs is 2. The summed E-state index contributed by atoms with van der Waals surface area (Å²) in [5.41, 5.74) is 4.71. The average molecular weight is 695 g/mol. The first-order valence-electron chi connectivity index (χ1n) is 15.3. The molecule has 0 radical (unpaired) electrons. The Morgan fingerprint density at radius 3 is 2.54 bits per heavy atom. The molecule has 0 saturated carbocycles. The van der Waals surface area contributed by atoms with Crippen molar-refractivity contribution in [3.05, 3.63) is 161 Å². The molecule has 0 amide bonds. The van der Waals surface area contributed by atoms with Crippen LogP contribution in [0.3, 0.4) is 0 Å². The molecule has 1 aliphatic rings. The number of benzene rings is 4. The van der Waals surface area contributed by atoms with Crippen molar-refractivity contribution in [1.29, 1.82) is 0 Å². The largest absolute Gasteiger partial charge is 0.497 e. The zero-order chi connectivity index (χ0) is 33.4. The van der Waals surface area contributed by atoms with Gasteiger partial charge < -0.3 is 14.0 Å². The minimum atomic E-state index is -0.804. The topological polar surface area (TPSA) is 74.8 Å². The zero-order valence-electron chi connectivity index (χ0n) is 26.0. The highest BCUT2D eigenvalue weighted by molar-refractivity contribution is 7.07. The SMILES string of the molecule is CCOC(=O)C1=C(c2ccccc2)N=c2s/c(=C\c3cn(Cc4ccc(Cl)cc4Cl)c4ccccc34)c(=O)n2[C@H]1c1cccc(OC)c1. The van der Waals surface area contributed by atoms with Crippen molar-refractivity contribution >= 4 is 63.2 Å². The maximum absolute atomic E-state index is 14.5. The van der Waals surface area contributed by atoms with Crippen LogP contribution in [0.2, 0.25) is 10.0 Å². The van der Waals surface area contributed by atoms with Gasteiger partial charge in [-0.1, -0.05) is 101 Å². The molecule has 6 aromatic rings. The van der Waals surface area contributed by atoms with Gasteiger partial charge in [-0.25, -0.2) is 9.79 Å². The summed E-state index contributed by atoms with van der Waals surface area (Å²) in [7, 11) is 1.58. The first-order valence-corrected chi connectivity index (χ1v) is 16.9. The number of halogens is 2. The summed E-state index contributed by atoms with van der Waals surface area (Å²) < 4.78 is 15.3. The Kier molecular flexibility index (Phi) is 8.79. The van der Waals surface area contributed by atoms with Crippen molar-refractivity contribution in [3.8, 4) is 5.75 Å². The molecule has 48 heavy (non-hydrogen) atoms. The molecular formula is C38H29Cl2N3O4S. The molecule has 7 nitrogen and oxygen atoms in total. The third kappa shape index (κ3) is 5.87. The zero-order valence-corrected chi connectivity index (χ0v) is 28.4. The molecule has 0 fully saturated rings. The summed E-state index contributed by atoms with van der Waals surface area (Å²) in [4.78, 5) is 33.7. The number of aromatic nitrogens is 2. The maximum atomic E-state index is 14.5. The van der Waals surface area contributed by atoms with Crippen LogP contribution in [-0.4, -0.2) is 28.8 Å². The van der Waals surface area contributed by atoms with Gasteiger partial charge in [-0.05, 0) is 54.5 Å². The normalized spacial score (nSPS) is 14.6. The van der Waals surface area contributed by atoms with Crippen molar-refractivity contribution in [1.82, 2.24) is 9.13 Å². The highest BCUT2D eigenvalue weighted by Crippen LogP contribution is 2.36. The molecule has 0 unspecified atom stereocenters. The van der Waals surface area contributed by atoms with Gasteiger partial charge in [0.25, 0.3) is 5.56 Å². The van der Waals surface area contributed by atoms with Crippen LogP contribution >= 0.6 is 34.5 Å². The molecule has 1 aliphatic heterocycles. The second-order valence-corrected chi connectivity index (χ2v) is 13.0. The second kappa shape index (κ2) is 13.3. The van der Waals surface area contributed by atoms with E-state index in [0.717, 1.165) is 27.6 Å². The Morgan fingerprint density at radius 1 is 0.979 bits per heavy atom. The fraction of sp³-hybridized carbons (Fsp3) is 0.132. The van der Waals surface area contributed by atoms with E-state index in [1.807, 2.05) is 103 Å². The number of thiazole rings is 1. The number of nitrogens with zero attached hydrogens (tertiary/aromatic N) is 3. The lowest BCUT2D eigenvalue weighted by Crippen LogP contribution is -2.40. The molecule has 1 atom stereocenters.